The molecule has 5 nitrogen and oxygen atoms in total. The van der Waals surface area contributed by atoms with Gasteiger partial charge in [0.2, 0.25) is 5.91 Å². The summed E-state index contributed by atoms with van der Waals surface area (Å²) in [5.41, 5.74) is 2.83. The average Bonchev–Trinajstić information content (AvgIpc) is 3.05. The predicted octanol–water partition coefficient (Wildman–Crippen LogP) is 1.34. The molecule has 18 heavy (non-hydrogen) atoms. The number of nitrogens with zero attached hydrogens (tertiary/aromatic N) is 2. The lowest BCUT2D eigenvalue weighted by molar-refractivity contribution is -0.125. The summed E-state index contributed by atoms with van der Waals surface area (Å²) >= 11 is 1.20. The van der Waals surface area contributed by atoms with Gasteiger partial charge in [0, 0.05) is 13.2 Å². The van der Waals surface area contributed by atoms with E-state index in [9.17, 15) is 4.79 Å². The lowest BCUT2D eigenvalue weighted by Gasteiger charge is -2.09. The Morgan fingerprint density at radius 2 is 2.33 bits per heavy atom. The minimum absolute atomic E-state index is 0.00895. The third kappa shape index (κ3) is 2.34. The summed E-state index contributed by atoms with van der Waals surface area (Å²) < 4.78 is 13.5. The molecule has 0 bridgehead atoms. The summed E-state index contributed by atoms with van der Waals surface area (Å²) in [4.78, 5) is 11.8. The first kappa shape index (κ1) is 11.6. The molecule has 0 unspecified atom stereocenters. The first-order valence-electron chi connectivity index (χ1n) is 5.89. The van der Waals surface area contributed by atoms with Gasteiger partial charge in [-0.15, -0.1) is 0 Å². The molecule has 1 amide bonds. The molecule has 0 saturated carbocycles. The van der Waals surface area contributed by atoms with Crippen LogP contribution >= 0.6 is 11.7 Å². The van der Waals surface area contributed by atoms with Crippen molar-refractivity contribution in [2.75, 3.05) is 13.2 Å². The Labute approximate surface area is 108 Å². The second kappa shape index (κ2) is 4.99. The van der Waals surface area contributed by atoms with Crippen molar-refractivity contribution in [2.45, 2.75) is 13.0 Å². The van der Waals surface area contributed by atoms with Crippen LogP contribution in [0.15, 0.2) is 18.2 Å². The average molecular weight is 263 g/mol. The van der Waals surface area contributed by atoms with Crippen molar-refractivity contribution in [1.29, 1.82) is 0 Å². The molecule has 94 valence electrons. The zero-order valence-corrected chi connectivity index (χ0v) is 10.6. The highest BCUT2D eigenvalue weighted by atomic mass is 32.1. The number of carbonyl (C=O) groups is 1. The van der Waals surface area contributed by atoms with Gasteiger partial charge in [-0.2, -0.15) is 8.75 Å². The molecule has 1 N–H and O–H groups in total. The van der Waals surface area contributed by atoms with E-state index in [4.69, 9.17) is 4.74 Å². The molecule has 1 fully saturated rings. The number of hydrogen-bond acceptors (Lipinski definition) is 5. The van der Waals surface area contributed by atoms with Gasteiger partial charge in [-0.1, -0.05) is 6.07 Å². The Morgan fingerprint density at radius 3 is 3.17 bits per heavy atom. The smallest absolute Gasteiger partial charge is 0.225 e. The fourth-order valence-corrected chi connectivity index (χ4v) is 2.53. The molecule has 0 spiro atoms. The zero-order valence-electron chi connectivity index (χ0n) is 9.76. The fraction of sp³-hybridized carbons (Fsp3) is 0.417. The highest BCUT2D eigenvalue weighted by Gasteiger charge is 2.22. The molecule has 1 saturated heterocycles. The summed E-state index contributed by atoms with van der Waals surface area (Å²) in [5, 5.41) is 2.93. The van der Waals surface area contributed by atoms with Crippen LogP contribution in [-0.2, 0) is 16.1 Å². The second-order valence-electron chi connectivity index (χ2n) is 4.37. The van der Waals surface area contributed by atoms with Gasteiger partial charge in [-0.05, 0) is 24.1 Å². The number of hydrogen-bond donors (Lipinski definition) is 1. The number of nitrogens with one attached hydrogen (secondary N) is 1. The molecule has 0 aliphatic carbocycles. The Balaban J connectivity index is 1.63. The van der Waals surface area contributed by atoms with E-state index in [1.165, 1.54) is 11.7 Å². The summed E-state index contributed by atoms with van der Waals surface area (Å²) in [6, 6.07) is 5.86. The van der Waals surface area contributed by atoms with E-state index in [2.05, 4.69) is 14.1 Å². The van der Waals surface area contributed by atoms with Crippen LogP contribution in [0.2, 0.25) is 0 Å². The van der Waals surface area contributed by atoms with E-state index in [-0.39, 0.29) is 11.8 Å². The third-order valence-corrected chi connectivity index (χ3v) is 3.64. The molecular weight excluding hydrogens is 250 g/mol. The van der Waals surface area contributed by atoms with Crippen molar-refractivity contribution in [3.05, 3.63) is 23.8 Å². The largest absolute Gasteiger partial charge is 0.381 e. The molecular formula is C12H13N3O2S. The zero-order chi connectivity index (χ0) is 12.4. The standard InChI is InChI=1S/C12H13N3O2S/c16-12(9-3-4-17-7-9)13-6-8-1-2-10-11(5-8)15-18-14-10/h1-2,5,9H,3-4,6-7H2,(H,13,16)/t9-/m1/s1. The molecule has 2 heterocycles. The van der Waals surface area contributed by atoms with E-state index in [0.717, 1.165) is 23.0 Å². The number of carbonyl (C=O) groups excluding carboxylic acids is 1. The maximum Gasteiger partial charge on any atom is 0.225 e. The lowest BCUT2D eigenvalue weighted by atomic mass is 10.1. The Kier molecular flexibility index (Phi) is 3.21. The van der Waals surface area contributed by atoms with Gasteiger partial charge >= 0.3 is 0 Å². The van der Waals surface area contributed by atoms with Crippen LogP contribution in [0.4, 0.5) is 0 Å². The van der Waals surface area contributed by atoms with Crippen LogP contribution in [0.25, 0.3) is 11.0 Å². The van der Waals surface area contributed by atoms with Crippen LogP contribution in [-0.4, -0.2) is 27.9 Å². The summed E-state index contributed by atoms with van der Waals surface area (Å²) in [6.07, 6.45) is 0.820. The summed E-state index contributed by atoms with van der Waals surface area (Å²) in [6.45, 7) is 1.76. The third-order valence-electron chi connectivity index (χ3n) is 3.09. The molecule has 0 radical (unpaired) electrons. The van der Waals surface area contributed by atoms with Gasteiger partial charge in [0.25, 0.3) is 0 Å². The Morgan fingerprint density at radius 1 is 1.44 bits per heavy atom. The van der Waals surface area contributed by atoms with Crippen LogP contribution in [0.3, 0.4) is 0 Å². The van der Waals surface area contributed by atoms with E-state index in [1.54, 1.807) is 0 Å². The summed E-state index contributed by atoms with van der Waals surface area (Å²) in [7, 11) is 0. The van der Waals surface area contributed by atoms with Crippen molar-refractivity contribution >= 4 is 28.7 Å². The maximum atomic E-state index is 11.8. The van der Waals surface area contributed by atoms with Crippen molar-refractivity contribution in [3.63, 3.8) is 0 Å². The molecule has 1 atom stereocenters. The Bertz CT molecular complexity index is 563. The molecule has 1 aliphatic rings. The minimum atomic E-state index is 0.00895. The predicted molar refractivity (Wildman–Crippen MR) is 68.2 cm³/mol. The molecule has 6 heteroatoms. The van der Waals surface area contributed by atoms with Crippen molar-refractivity contribution < 1.29 is 9.53 Å². The Hall–Kier alpha value is -1.53. The highest BCUT2D eigenvalue weighted by molar-refractivity contribution is 7.00. The number of ether oxygens (including phenoxy) is 1. The van der Waals surface area contributed by atoms with Gasteiger partial charge in [-0.25, -0.2) is 0 Å². The normalized spacial score (nSPS) is 19.2. The van der Waals surface area contributed by atoms with Crippen LogP contribution in [0.1, 0.15) is 12.0 Å². The summed E-state index contributed by atoms with van der Waals surface area (Å²) in [5.74, 6) is 0.0821. The number of rotatable bonds is 3. The van der Waals surface area contributed by atoms with Crippen molar-refractivity contribution in [3.8, 4) is 0 Å². The topological polar surface area (TPSA) is 64.1 Å². The first-order chi connectivity index (χ1) is 8.83. The number of amides is 1. The monoisotopic (exact) mass is 263 g/mol. The van der Waals surface area contributed by atoms with Gasteiger partial charge in [0.15, 0.2) is 0 Å². The van der Waals surface area contributed by atoms with Gasteiger partial charge in [0.1, 0.15) is 11.0 Å². The SMILES string of the molecule is O=C(NCc1ccc2nsnc2c1)[C@@H]1CCOC1. The second-order valence-corrected chi connectivity index (χ2v) is 4.89. The molecule has 2 aromatic rings. The maximum absolute atomic E-state index is 11.8. The molecule has 3 rings (SSSR count). The van der Waals surface area contributed by atoms with E-state index < -0.39 is 0 Å². The van der Waals surface area contributed by atoms with Gasteiger partial charge < -0.3 is 10.1 Å². The van der Waals surface area contributed by atoms with Gasteiger partial charge in [0.05, 0.1) is 24.3 Å². The minimum Gasteiger partial charge on any atom is -0.381 e. The number of fused-ring (bicyclic) bond motifs is 1. The van der Waals surface area contributed by atoms with E-state index in [0.29, 0.717) is 19.8 Å². The van der Waals surface area contributed by atoms with Crippen molar-refractivity contribution in [2.24, 2.45) is 5.92 Å². The molecule has 1 aliphatic heterocycles. The number of benzene rings is 1. The van der Waals surface area contributed by atoms with Crippen LogP contribution in [0, 0.1) is 5.92 Å². The quantitative estimate of drug-likeness (QED) is 0.907. The molecule has 1 aromatic heterocycles. The lowest BCUT2D eigenvalue weighted by Crippen LogP contribution is -2.30. The number of aromatic nitrogens is 2. The van der Waals surface area contributed by atoms with Crippen LogP contribution in [0.5, 0.6) is 0 Å². The van der Waals surface area contributed by atoms with Crippen LogP contribution < -0.4 is 5.32 Å². The highest BCUT2D eigenvalue weighted by Crippen LogP contribution is 2.15. The first-order valence-corrected chi connectivity index (χ1v) is 6.62. The van der Waals surface area contributed by atoms with Crippen molar-refractivity contribution in [1.82, 2.24) is 14.1 Å². The molecule has 1 aromatic carbocycles. The fourth-order valence-electron chi connectivity index (χ4n) is 2.01. The van der Waals surface area contributed by atoms with E-state index in [1.807, 2.05) is 18.2 Å². The van der Waals surface area contributed by atoms with Gasteiger partial charge in [-0.3, -0.25) is 4.79 Å². The van der Waals surface area contributed by atoms with E-state index >= 15 is 0 Å².